The SMILES string of the molecule is Clc1cc(Cl)cc(CN2CCC3(CCNCC3)C2)c1. The predicted octanol–water partition coefficient (Wildman–Crippen LogP) is 3.57. The highest BCUT2D eigenvalue weighted by Crippen LogP contribution is 2.39. The van der Waals surface area contributed by atoms with Crippen LogP contribution in [0.25, 0.3) is 0 Å². The van der Waals surface area contributed by atoms with Crippen LogP contribution in [0.4, 0.5) is 0 Å². The lowest BCUT2D eigenvalue weighted by Gasteiger charge is -2.34. The van der Waals surface area contributed by atoms with Gasteiger partial charge in [0.15, 0.2) is 0 Å². The molecule has 1 aromatic carbocycles. The first-order valence-electron chi connectivity index (χ1n) is 7.03. The molecule has 19 heavy (non-hydrogen) atoms. The summed E-state index contributed by atoms with van der Waals surface area (Å²) < 4.78 is 0. The average Bonchev–Trinajstić information content (AvgIpc) is 2.71. The molecule has 2 fully saturated rings. The van der Waals surface area contributed by atoms with E-state index in [-0.39, 0.29) is 0 Å². The van der Waals surface area contributed by atoms with Gasteiger partial charge in [-0.25, -0.2) is 0 Å². The second kappa shape index (κ2) is 5.61. The minimum atomic E-state index is 0.563. The smallest absolute Gasteiger partial charge is 0.0424 e. The molecular weight excluding hydrogens is 279 g/mol. The normalized spacial score (nSPS) is 23.1. The molecule has 2 saturated heterocycles. The number of hydrogen-bond acceptors (Lipinski definition) is 2. The van der Waals surface area contributed by atoms with E-state index in [1.165, 1.54) is 51.0 Å². The molecule has 2 aliphatic rings. The Kier molecular flexibility index (Phi) is 4.04. The van der Waals surface area contributed by atoms with Crippen LogP contribution in [0.2, 0.25) is 10.0 Å². The number of halogens is 2. The minimum absolute atomic E-state index is 0.563. The first kappa shape index (κ1) is 13.7. The van der Waals surface area contributed by atoms with Crippen LogP contribution in [0.3, 0.4) is 0 Å². The van der Waals surface area contributed by atoms with Crippen molar-refractivity contribution in [3.05, 3.63) is 33.8 Å². The van der Waals surface area contributed by atoms with Crippen molar-refractivity contribution in [1.82, 2.24) is 10.2 Å². The molecule has 0 aromatic heterocycles. The maximum atomic E-state index is 6.07. The highest BCUT2D eigenvalue weighted by Gasteiger charge is 2.38. The second-order valence-electron chi connectivity index (χ2n) is 5.99. The van der Waals surface area contributed by atoms with Gasteiger partial charge in [-0.3, -0.25) is 4.90 Å². The van der Waals surface area contributed by atoms with Gasteiger partial charge in [-0.1, -0.05) is 23.2 Å². The predicted molar refractivity (Wildman–Crippen MR) is 80.9 cm³/mol. The van der Waals surface area contributed by atoms with Crippen molar-refractivity contribution in [3.8, 4) is 0 Å². The van der Waals surface area contributed by atoms with Crippen molar-refractivity contribution in [1.29, 1.82) is 0 Å². The van der Waals surface area contributed by atoms with E-state index in [4.69, 9.17) is 23.2 Å². The lowest BCUT2D eigenvalue weighted by molar-refractivity contribution is 0.194. The number of rotatable bonds is 2. The van der Waals surface area contributed by atoms with Crippen molar-refractivity contribution in [2.75, 3.05) is 26.2 Å². The van der Waals surface area contributed by atoms with Crippen LogP contribution in [0.1, 0.15) is 24.8 Å². The lowest BCUT2D eigenvalue weighted by Crippen LogP contribution is -2.38. The van der Waals surface area contributed by atoms with Gasteiger partial charge in [0.2, 0.25) is 0 Å². The van der Waals surface area contributed by atoms with Gasteiger partial charge in [-0.2, -0.15) is 0 Å². The van der Waals surface area contributed by atoms with Crippen LogP contribution in [-0.4, -0.2) is 31.1 Å². The third-order valence-corrected chi connectivity index (χ3v) is 4.95. The molecule has 3 rings (SSSR count). The molecule has 2 aliphatic heterocycles. The van der Waals surface area contributed by atoms with Gasteiger partial charge in [0, 0.05) is 23.1 Å². The number of likely N-dealkylation sites (tertiary alicyclic amines) is 1. The molecule has 0 radical (unpaired) electrons. The molecule has 0 aliphatic carbocycles. The van der Waals surface area contributed by atoms with Gasteiger partial charge in [0.25, 0.3) is 0 Å². The van der Waals surface area contributed by atoms with E-state index < -0.39 is 0 Å². The molecule has 1 N–H and O–H groups in total. The van der Waals surface area contributed by atoms with E-state index in [9.17, 15) is 0 Å². The van der Waals surface area contributed by atoms with Crippen LogP contribution < -0.4 is 5.32 Å². The van der Waals surface area contributed by atoms with Crippen LogP contribution in [0.5, 0.6) is 0 Å². The van der Waals surface area contributed by atoms with Gasteiger partial charge < -0.3 is 5.32 Å². The van der Waals surface area contributed by atoms with E-state index in [0.717, 1.165) is 16.6 Å². The Bertz CT molecular complexity index is 435. The number of hydrogen-bond donors (Lipinski definition) is 1. The molecule has 0 amide bonds. The lowest BCUT2D eigenvalue weighted by atomic mass is 9.78. The highest BCUT2D eigenvalue weighted by atomic mass is 35.5. The molecule has 1 aromatic rings. The molecule has 0 atom stereocenters. The van der Waals surface area contributed by atoms with Gasteiger partial charge in [0.1, 0.15) is 0 Å². The molecule has 1 spiro atoms. The third kappa shape index (κ3) is 3.25. The van der Waals surface area contributed by atoms with Crippen molar-refractivity contribution < 1.29 is 0 Å². The van der Waals surface area contributed by atoms with E-state index in [1.807, 2.05) is 12.1 Å². The molecule has 2 heterocycles. The number of nitrogens with one attached hydrogen (secondary N) is 1. The molecule has 0 saturated carbocycles. The molecule has 2 nitrogen and oxygen atoms in total. The fraction of sp³-hybridized carbons (Fsp3) is 0.600. The zero-order valence-corrected chi connectivity index (χ0v) is 12.6. The van der Waals surface area contributed by atoms with Gasteiger partial charge >= 0.3 is 0 Å². The fourth-order valence-corrected chi connectivity index (χ4v) is 4.06. The largest absolute Gasteiger partial charge is 0.317 e. The third-order valence-electron chi connectivity index (χ3n) is 4.51. The minimum Gasteiger partial charge on any atom is -0.317 e. The van der Waals surface area contributed by atoms with E-state index >= 15 is 0 Å². The van der Waals surface area contributed by atoms with Gasteiger partial charge in [-0.15, -0.1) is 0 Å². The van der Waals surface area contributed by atoms with Crippen LogP contribution in [0, 0.1) is 5.41 Å². The summed E-state index contributed by atoms with van der Waals surface area (Å²) in [7, 11) is 0. The molecule has 0 unspecified atom stereocenters. The Labute approximate surface area is 125 Å². The average molecular weight is 299 g/mol. The number of piperidine rings is 1. The van der Waals surface area contributed by atoms with Crippen LogP contribution in [0.15, 0.2) is 18.2 Å². The Morgan fingerprint density at radius 3 is 2.42 bits per heavy atom. The Morgan fingerprint density at radius 2 is 1.74 bits per heavy atom. The molecule has 104 valence electrons. The molecular formula is C15H20Cl2N2. The molecule has 0 bridgehead atoms. The van der Waals surface area contributed by atoms with Gasteiger partial charge in [0.05, 0.1) is 0 Å². The fourth-order valence-electron chi connectivity index (χ4n) is 3.49. The molecule has 4 heteroatoms. The van der Waals surface area contributed by atoms with E-state index in [0.29, 0.717) is 5.41 Å². The van der Waals surface area contributed by atoms with Crippen molar-refractivity contribution in [2.45, 2.75) is 25.8 Å². The quantitative estimate of drug-likeness (QED) is 0.898. The second-order valence-corrected chi connectivity index (χ2v) is 6.86. The summed E-state index contributed by atoms with van der Waals surface area (Å²) in [6.07, 6.45) is 3.97. The Balaban J connectivity index is 1.65. The highest BCUT2D eigenvalue weighted by molar-refractivity contribution is 6.34. The van der Waals surface area contributed by atoms with Crippen molar-refractivity contribution in [2.24, 2.45) is 5.41 Å². The topological polar surface area (TPSA) is 15.3 Å². The summed E-state index contributed by atoms with van der Waals surface area (Å²) in [5.41, 5.74) is 1.79. The van der Waals surface area contributed by atoms with Gasteiger partial charge in [-0.05, 0) is 68.1 Å². The van der Waals surface area contributed by atoms with Crippen molar-refractivity contribution in [3.63, 3.8) is 0 Å². The first-order chi connectivity index (χ1) is 9.15. The summed E-state index contributed by atoms with van der Waals surface area (Å²) in [6.45, 7) is 5.74. The maximum Gasteiger partial charge on any atom is 0.0424 e. The number of benzene rings is 1. The van der Waals surface area contributed by atoms with E-state index in [1.54, 1.807) is 6.07 Å². The summed E-state index contributed by atoms with van der Waals surface area (Å²) in [4.78, 5) is 2.55. The Morgan fingerprint density at radius 1 is 1.05 bits per heavy atom. The van der Waals surface area contributed by atoms with E-state index in [2.05, 4.69) is 10.2 Å². The zero-order chi connectivity index (χ0) is 13.3. The summed E-state index contributed by atoms with van der Waals surface area (Å²) in [6, 6.07) is 5.85. The monoisotopic (exact) mass is 298 g/mol. The Hall–Kier alpha value is -0.280. The standard InChI is InChI=1S/C15H20Cl2N2/c16-13-7-12(8-14(17)9-13)10-19-6-3-15(11-19)1-4-18-5-2-15/h7-9,18H,1-6,10-11H2. The van der Waals surface area contributed by atoms with Crippen LogP contribution >= 0.6 is 23.2 Å². The summed E-state index contributed by atoms with van der Waals surface area (Å²) in [5, 5.41) is 4.93. The zero-order valence-electron chi connectivity index (χ0n) is 11.1. The first-order valence-corrected chi connectivity index (χ1v) is 7.79. The summed E-state index contributed by atoms with van der Waals surface area (Å²) in [5.74, 6) is 0. The summed E-state index contributed by atoms with van der Waals surface area (Å²) >= 11 is 12.1. The number of nitrogens with zero attached hydrogens (tertiary/aromatic N) is 1. The van der Waals surface area contributed by atoms with Crippen molar-refractivity contribution >= 4 is 23.2 Å². The maximum absolute atomic E-state index is 6.07. The van der Waals surface area contributed by atoms with Crippen LogP contribution in [-0.2, 0) is 6.54 Å².